The first kappa shape index (κ1) is 13.2. The molecule has 1 fully saturated rings. The monoisotopic (exact) mass is 271 g/mol. The van der Waals surface area contributed by atoms with E-state index in [0.717, 1.165) is 29.4 Å². The van der Waals surface area contributed by atoms with Crippen molar-refractivity contribution in [2.24, 2.45) is 13.0 Å². The van der Waals surface area contributed by atoms with Crippen molar-refractivity contribution in [1.29, 1.82) is 0 Å². The van der Waals surface area contributed by atoms with E-state index in [1.54, 1.807) is 6.33 Å². The van der Waals surface area contributed by atoms with Crippen LogP contribution in [0.15, 0.2) is 24.9 Å². The lowest BCUT2D eigenvalue weighted by atomic mass is 9.92. The van der Waals surface area contributed by atoms with Crippen molar-refractivity contribution in [1.82, 2.24) is 24.4 Å². The molecule has 2 aromatic rings. The first-order valence-electron chi connectivity index (χ1n) is 7.18. The molecule has 0 atom stereocenters. The van der Waals surface area contributed by atoms with E-state index in [1.807, 2.05) is 30.2 Å². The molecular weight excluding hydrogens is 250 g/mol. The summed E-state index contributed by atoms with van der Waals surface area (Å²) in [5, 5.41) is 0. The first-order chi connectivity index (χ1) is 9.72. The van der Waals surface area contributed by atoms with Crippen LogP contribution >= 0.6 is 0 Å². The minimum absolute atomic E-state index is 0.738. The molecule has 3 rings (SSSR count). The van der Waals surface area contributed by atoms with Gasteiger partial charge in [0.05, 0.1) is 30.1 Å². The highest BCUT2D eigenvalue weighted by atomic mass is 15.1. The molecule has 0 unspecified atom stereocenters. The van der Waals surface area contributed by atoms with Crippen LogP contribution in [0.1, 0.15) is 18.5 Å². The smallest absolute Gasteiger partial charge is 0.107 e. The molecule has 0 radical (unpaired) electrons. The summed E-state index contributed by atoms with van der Waals surface area (Å²) < 4.78 is 1.98. The summed E-state index contributed by atoms with van der Waals surface area (Å²) in [4.78, 5) is 15.6. The van der Waals surface area contributed by atoms with E-state index in [2.05, 4.69) is 21.9 Å². The Morgan fingerprint density at radius 3 is 2.60 bits per heavy atom. The van der Waals surface area contributed by atoms with Gasteiger partial charge in [0, 0.05) is 13.2 Å². The van der Waals surface area contributed by atoms with Crippen LogP contribution in [0.4, 0.5) is 0 Å². The van der Waals surface area contributed by atoms with Gasteiger partial charge >= 0.3 is 0 Å². The molecule has 20 heavy (non-hydrogen) atoms. The fourth-order valence-electron chi connectivity index (χ4n) is 2.79. The number of imidazole rings is 1. The van der Waals surface area contributed by atoms with E-state index < -0.39 is 0 Å². The number of nitrogens with zero attached hydrogens (tertiary/aromatic N) is 5. The maximum atomic E-state index is 4.75. The van der Waals surface area contributed by atoms with E-state index in [9.17, 15) is 0 Å². The number of hydrogen-bond acceptors (Lipinski definition) is 4. The van der Waals surface area contributed by atoms with Gasteiger partial charge in [0.25, 0.3) is 0 Å². The Bertz CT molecular complexity index is 569. The van der Waals surface area contributed by atoms with Crippen molar-refractivity contribution in [3.63, 3.8) is 0 Å². The Morgan fingerprint density at radius 1 is 1.10 bits per heavy atom. The third kappa shape index (κ3) is 2.88. The van der Waals surface area contributed by atoms with Gasteiger partial charge in [-0.25, -0.2) is 9.97 Å². The molecule has 5 nitrogen and oxygen atoms in total. The molecule has 2 aromatic heterocycles. The van der Waals surface area contributed by atoms with Gasteiger partial charge in [0.1, 0.15) is 5.69 Å². The predicted molar refractivity (Wildman–Crippen MR) is 78.2 cm³/mol. The normalized spacial score (nSPS) is 17.5. The van der Waals surface area contributed by atoms with E-state index >= 15 is 0 Å². The zero-order valence-corrected chi connectivity index (χ0v) is 12.2. The number of rotatable bonds is 3. The largest absolute Gasteiger partial charge is 0.332 e. The maximum absolute atomic E-state index is 4.75. The van der Waals surface area contributed by atoms with Crippen LogP contribution in [0.25, 0.3) is 11.4 Å². The summed E-state index contributed by atoms with van der Waals surface area (Å²) in [6.07, 6.45) is 10.9. The quantitative estimate of drug-likeness (QED) is 0.853. The predicted octanol–water partition coefficient (Wildman–Crippen LogP) is 1.76. The lowest BCUT2D eigenvalue weighted by Crippen LogP contribution is -2.31. The lowest BCUT2D eigenvalue weighted by Gasteiger charge is -2.28. The fourth-order valence-corrected chi connectivity index (χ4v) is 2.79. The Morgan fingerprint density at radius 2 is 1.90 bits per heavy atom. The summed E-state index contributed by atoms with van der Waals surface area (Å²) in [6.45, 7) is 2.39. The van der Waals surface area contributed by atoms with Crippen LogP contribution in [-0.2, 0) is 13.5 Å². The van der Waals surface area contributed by atoms with E-state index in [1.165, 1.54) is 25.9 Å². The third-order valence-corrected chi connectivity index (χ3v) is 4.10. The van der Waals surface area contributed by atoms with Crippen LogP contribution in [-0.4, -0.2) is 44.6 Å². The van der Waals surface area contributed by atoms with Crippen molar-refractivity contribution >= 4 is 0 Å². The molecular formula is C15H21N5. The first-order valence-corrected chi connectivity index (χ1v) is 7.18. The van der Waals surface area contributed by atoms with Crippen molar-refractivity contribution < 1.29 is 0 Å². The van der Waals surface area contributed by atoms with E-state index in [0.29, 0.717) is 0 Å². The average molecular weight is 271 g/mol. The number of aromatic nitrogens is 4. The second-order valence-electron chi connectivity index (χ2n) is 5.74. The average Bonchev–Trinajstić information content (AvgIpc) is 2.88. The van der Waals surface area contributed by atoms with Crippen molar-refractivity contribution in [3.8, 4) is 11.4 Å². The second-order valence-corrected chi connectivity index (χ2v) is 5.74. The van der Waals surface area contributed by atoms with Crippen LogP contribution in [0.2, 0.25) is 0 Å². The highest BCUT2D eigenvalue weighted by Crippen LogP contribution is 2.21. The van der Waals surface area contributed by atoms with Crippen LogP contribution in [0.3, 0.4) is 0 Å². The second kappa shape index (κ2) is 5.71. The van der Waals surface area contributed by atoms with Gasteiger partial charge in [-0.05, 0) is 45.3 Å². The fraction of sp³-hybridized carbons (Fsp3) is 0.533. The molecule has 1 aliphatic heterocycles. The van der Waals surface area contributed by atoms with Gasteiger partial charge in [-0.3, -0.25) is 4.98 Å². The van der Waals surface area contributed by atoms with Crippen molar-refractivity contribution in [2.75, 3.05) is 20.1 Å². The van der Waals surface area contributed by atoms with Gasteiger partial charge in [-0.2, -0.15) is 0 Å². The third-order valence-electron chi connectivity index (χ3n) is 4.10. The van der Waals surface area contributed by atoms with Gasteiger partial charge in [-0.1, -0.05) is 0 Å². The molecule has 5 heteroatoms. The standard InChI is InChI=1S/C15H21N5/c1-19-5-3-12(4-6-19)7-13-8-16-9-14(18-13)15-10-17-11-20(15)2/h8-12H,3-7H2,1-2H3. The van der Waals surface area contributed by atoms with Crippen molar-refractivity contribution in [3.05, 3.63) is 30.6 Å². The van der Waals surface area contributed by atoms with Gasteiger partial charge in [0.15, 0.2) is 0 Å². The summed E-state index contributed by atoms with van der Waals surface area (Å²) in [5.41, 5.74) is 3.02. The molecule has 0 amide bonds. The maximum Gasteiger partial charge on any atom is 0.107 e. The summed E-state index contributed by atoms with van der Waals surface area (Å²) in [6, 6.07) is 0. The Balaban J connectivity index is 1.73. The van der Waals surface area contributed by atoms with Gasteiger partial charge < -0.3 is 9.47 Å². The molecule has 0 bridgehead atoms. The molecule has 3 heterocycles. The molecule has 0 spiro atoms. The Hall–Kier alpha value is -1.75. The minimum Gasteiger partial charge on any atom is -0.332 e. The highest BCUT2D eigenvalue weighted by Gasteiger charge is 2.18. The SMILES string of the molecule is CN1CCC(Cc2cncc(-c3cncn3C)n2)CC1. The molecule has 106 valence electrons. The Labute approximate surface area is 119 Å². The molecule has 0 saturated carbocycles. The molecule has 0 aromatic carbocycles. The lowest BCUT2D eigenvalue weighted by molar-refractivity contribution is 0.218. The minimum atomic E-state index is 0.738. The van der Waals surface area contributed by atoms with Gasteiger partial charge in [0.2, 0.25) is 0 Å². The van der Waals surface area contributed by atoms with Crippen LogP contribution in [0.5, 0.6) is 0 Å². The zero-order valence-electron chi connectivity index (χ0n) is 12.2. The zero-order chi connectivity index (χ0) is 13.9. The Kier molecular flexibility index (Phi) is 3.78. The summed E-state index contributed by atoms with van der Waals surface area (Å²) >= 11 is 0. The van der Waals surface area contributed by atoms with E-state index in [-0.39, 0.29) is 0 Å². The van der Waals surface area contributed by atoms with Crippen molar-refractivity contribution in [2.45, 2.75) is 19.3 Å². The topological polar surface area (TPSA) is 46.8 Å². The summed E-state index contributed by atoms with van der Waals surface area (Å²) in [7, 11) is 4.17. The highest BCUT2D eigenvalue weighted by molar-refractivity contribution is 5.52. The van der Waals surface area contributed by atoms with Crippen LogP contribution in [0, 0.1) is 5.92 Å². The van der Waals surface area contributed by atoms with Crippen LogP contribution < -0.4 is 0 Å². The summed E-state index contributed by atoms with van der Waals surface area (Å²) in [5.74, 6) is 0.738. The number of aryl methyl sites for hydroxylation is 1. The molecule has 0 N–H and O–H groups in total. The molecule has 0 aliphatic carbocycles. The van der Waals surface area contributed by atoms with Gasteiger partial charge in [-0.15, -0.1) is 0 Å². The molecule has 1 aliphatic rings. The molecule has 1 saturated heterocycles. The number of likely N-dealkylation sites (tertiary alicyclic amines) is 1. The van der Waals surface area contributed by atoms with E-state index in [4.69, 9.17) is 4.98 Å². The number of piperidine rings is 1. The number of hydrogen-bond donors (Lipinski definition) is 0.